The Balaban J connectivity index is 1.33. The molecule has 0 atom stereocenters. The van der Waals surface area contributed by atoms with Crippen molar-refractivity contribution >= 4 is 40.2 Å². The minimum atomic E-state index is -4.49. The van der Waals surface area contributed by atoms with Gasteiger partial charge in [0.1, 0.15) is 12.1 Å². The number of aliphatic imine (C=N–C) groups is 1. The van der Waals surface area contributed by atoms with Gasteiger partial charge in [0, 0.05) is 23.5 Å². The summed E-state index contributed by atoms with van der Waals surface area (Å²) in [6.45, 7) is 5.81. The molecule has 1 N–H and O–H groups in total. The quantitative estimate of drug-likeness (QED) is 0.267. The highest BCUT2D eigenvalue weighted by atomic mass is 32.2. The monoisotopic (exact) mass is 609 g/mol. The maximum atomic E-state index is 13.0. The van der Waals surface area contributed by atoms with Crippen LogP contribution in [0.2, 0.25) is 0 Å². The number of carbonyl (C=O) groups excluding carboxylic acids is 2. The summed E-state index contributed by atoms with van der Waals surface area (Å²) in [6.07, 6.45) is -2.40. The second kappa shape index (κ2) is 11.9. The lowest BCUT2D eigenvalue weighted by Gasteiger charge is -2.22. The molecule has 0 unspecified atom stereocenters. The third-order valence-corrected chi connectivity index (χ3v) is 7.51. The van der Waals surface area contributed by atoms with E-state index in [0.717, 1.165) is 17.8 Å². The minimum absolute atomic E-state index is 0.114. The molecule has 0 bridgehead atoms. The lowest BCUT2D eigenvalue weighted by Crippen LogP contribution is -2.31. The first-order chi connectivity index (χ1) is 20.4. The van der Waals surface area contributed by atoms with Crippen molar-refractivity contribution < 1.29 is 27.5 Å². The number of nitrogens with zero attached hydrogens (tertiary/aromatic N) is 6. The number of aromatic nitrogens is 4. The Morgan fingerprint density at radius 3 is 2.56 bits per heavy atom. The van der Waals surface area contributed by atoms with Crippen LogP contribution >= 0.6 is 11.8 Å². The zero-order chi connectivity index (χ0) is 30.9. The Morgan fingerprint density at radius 1 is 1.12 bits per heavy atom. The Hall–Kier alpha value is -4.72. The number of rotatable bonds is 6. The average Bonchev–Trinajstić information content (AvgIpc) is 3.60. The van der Waals surface area contributed by atoms with Crippen molar-refractivity contribution in [3.63, 3.8) is 0 Å². The molecule has 3 amide bonds. The number of nitrogens with one attached hydrogen (secondary N) is 1. The minimum Gasteiger partial charge on any atom is -0.497 e. The topological polar surface area (TPSA) is 115 Å². The number of amides is 3. The van der Waals surface area contributed by atoms with E-state index in [4.69, 9.17) is 4.74 Å². The van der Waals surface area contributed by atoms with Gasteiger partial charge in [0.05, 0.1) is 24.1 Å². The van der Waals surface area contributed by atoms with Gasteiger partial charge in [-0.2, -0.15) is 18.2 Å². The molecule has 2 aromatic carbocycles. The third kappa shape index (κ3) is 6.38. The van der Waals surface area contributed by atoms with Crippen molar-refractivity contribution in [2.24, 2.45) is 4.99 Å². The molecular weight excluding hydrogens is 583 g/mol. The summed E-state index contributed by atoms with van der Waals surface area (Å²) >= 11 is 1.18. The summed E-state index contributed by atoms with van der Waals surface area (Å²) in [4.78, 5) is 39.6. The van der Waals surface area contributed by atoms with Gasteiger partial charge in [0.25, 0.3) is 0 Å². The Kier molecular flexibility index (Phi) is 8.22. The lowest BCUT2D eigenvalue weighted by atomic mass is 10.00. The van der Waals surface area contributed by atoms with Crippen LogP contribution in [0.3, 0.4) is 0 Å². The molecule has 3 heterocycles. The zero-order valence-electron chi connectivity index (χ0n) is 23.5. The van der Waals surface area contributed by atoms with E-state index < -0.39 is 17.8 Å². The highest BCUT2D eigenvalue weighted by Crippen LogP contribution is 2.36. The van der Waals surface area contributed by atoms with Crippen LogP contribution in [-0.4, -0.2) is 49.7 Å². The number of hydrogen-bond donors (Lipinski definition) is 1. The van der Waals surface area contributed by atoms with E-state index >= 15 is 0 Å². The summed E-state index contributed by atoms with van der Waals surface area (Å²) in [7, 11) is 1.54. The maximum Gasteiger partial charge on any atom is 0.417 e. The highest BCUT2D eigenvalue weighted by molar-refractivity contribution is 8.15. The van der Waals surface area contributed by atoms with Crippen molar-refractivity contribution in [1.82, 2.24) is 19.7 Å². The van der Waals surface area contributed by atoms with Crippen LogP contribution in [0.1, 0.15) is 36.5 Å². The van der Waals surface area contributed by atoms with Crippen LogP contribution in [0.15, 0.2) is 66.0 Å². The predicted molar refractivity (Wildman–Crippen MR) is 158 cm³/mol. The third-order valence-electron chi connectivity index (χ3n) is 6.59. The van der Waals surface area contributed by atoms with Crippen LogP contribution in [0.5, 0.6) is 5.75 Å². The summed E-state index contributed by atoms with van der Waals surface area (Å²) in [5.41, 5.74) is 2.48. The highest BCUT2D eigenvalue weighted by Gasteiger charge is 2.33. The summed E-state index contributed by atoms with van der Waals surface area (Å²) in [6, 6.07) is 12.1. The molecule has 222 valence electrons. The molecule has 5 rings (SSSR count). The van der Waals surface area contributed by atoms with Crippen molar-refractivity contribution in [2.45, 2.75) is 32.9 Å². The summed E-state index contributed by atoms with van der Waals surface area (Å²) < 4.78 is 45.1. The van der Waals surface area contributed by atoms with Crippen LogP contribution in [0, 0.1) is 6.92 Å². The Labute approximate surface area is 249 Å². The van der Waals surface area contributed by atoms with Gasteiger partial charge in [-0.25, -0.2) is 19.4 Å². The van der Waals surface area contributed by atoms with E-state index in [-0.39, 0.29) is 28.6 Å². The van der Waals surface area contributed by atoms with Gasteiger partial charge in [-0.3, -0.25) is 9.69 Å². The van der Waals surface area contributed by atoms with Crippen LogP contribution in [-0.2, 0) is 11.0 Å². The number of amidine groups is 1. The SMILES string of the molecule is COc1ccc(C(C)C)c(N2C(=O)CS/C2=N\C(=O)Nc2ccc(-c3ncn(-c4ccc(C(F)(F)F)cn4)n3)cc2C)c1. The first-order valence-corrected chi connectivity index (χ1v) is 14.0. The standard InChI is InChI=1S/C29H26F3N7O3S/c1-16(2)21-8-7-20(42-4)12-23(21)39-25(40)14-43-28(39)36-27(41)35-22-9-5-18(11-17(22)3)26-34-15-38(37-26)24-10-6-19(13-33-24)29(30,31)32/h5-13,15-16H,14H2,1-4H3,(H,35,41)/b36-28-. The number of methoxy groups -OCH3 is 1. The van der Waals surface area contributed by atoms with E-state index in [0.29, 0.717) is 34.1 Å². The molecule has 1 saturated heterocycles. The second-order valence-corrected chi connectivity index (χ2v) is 10.8. The maximum absolute atomic E-state index is 13.0. The van der Waals surface area contributed by atoms with E-state index in [9.17, 15) is 22.8 Å². The van der Waals surface area contributed by atoms with Gasteiger partial charge in [0.15, 0.2) is 16.8 Å². The second-order valence-electron chi connectivity index (χ2n) is 9.87. The number of hydrogen-bond acceptors (Lipinski definition) is 7. The van der Waals surface area contributed by atoms with Crippen molar-refractivity contribution in [1.29, 1.82) is 0 Å². The number of benzene rings is 2. The number of aryl methyl sites for hydroxylation is 1. The number of ether oxygens (including phenoxy) is 1. The number of halogens is 3. The van der Waals surface area contributed by atoms with Gasteiger partial charge < -0.3 is 10.1 Å². The fourth-order valence-electron chi connectivity index (χ4n) is 4.38. The van der Waals surface area contributed by atoms with E-state index in [1.807, 2.05) is 26.0 Å². The van der Waals surface area contributed by atoms with Crippen molar-refractivity contribution in [3.8, 4) is 23.0 Å². The predicted octanol–water partition coefficient (Wildman–Crippen LogP) is 6.46. The molecule has 0 saturated carbocycles. The van der Waals surface area contributed by atoms with Gasteiger partial charge in [-0.15, -0.1) is 5.10 Å². The summed E-state index contributed by atoms with van der Waals surface area (Å²) in [5, 5.41) is 7.35. The van der Waals surface area contributed by atoms with Crippen LogP contribution in [0.4, 0.5) is 29.3 Å². The number of carbonyl (C=O) groups is 2. The fraction of sp³-hybridized carbons (Fsp3) is 0.241. The molecule has 1 aliphatic heterocycles. The smallest absolute Gasteiger partial charge is 0.417 e. The largest absolute Gasteiger partial charge is 0.497 e. The molecule has 10 nitrogen and oxygen atoms in total. The van der Waals surface area contributed by atoms with E-state index in [2.05, 4.69) is 25.4 Å². The molecule has 0 spiro atoms. The average molecular weight is 610 g/mol. The molecule has 14 heteroatoms. The normalized spacial score (nSPS) is 14.6. The van der Waals surface area contributed by atoms with Gasteiger partial charge in [-0.1, -0.05) is 31.7 Å². The fourth-order valence-corrected chi connectivity index (χ4v) is 5.24. The van der Waals surface area contributed by atoms with Crippen molar-refractivity contribution in [3.05, 3.63) is 77.7 Å². The molecular formula is C29H26F3N7O3S. The van der Waals surface area contributed by atoms with Gasteiger partial charge >= 0.3 is 12.2 Å². The molecule has 43 heavy (non-hydrogen) atoms. The Morgan fingerprint density at radius 2 is 1.91 bits per heavy atom. The molecule has 1 fully saturated rings. The van der Waals surface area contributed by atoms with Gasteiger partial charge in [0.2, 0.25) is 5.91 Å². The number of anilines is 2. The number of pyridine rings is 1. The van der Waals surface area contributed by atoms with Gasteiger partial charge in [-0.05, 0) is 60.4 Å². The van der Waals surface area contributed by atoms with E-state index in [1.54, 1.807) is 38.3 Å². The Bertz CT molecular complexity index is 1720. The molecule has 1 aliphatic rings. The number of urea groups is 1. The summed E-state index contributed by atoms with van der Waals surface area (Å²) in [5.74, 6) is 1.15. The number of thioether (sulfide) groups is 1. The molecule has 0 radical (unpaired) electrons. The van der Waals surface area contributed by atoms with E-state index in [1.165, 1.54) is 33.7 Å². The molecule has 4 aromatic rings. The lowest BCUT2D eigenvalue weighted by molar-refractivity contribution is -0.137. The number of alkyl halides is 3. The van der Waals surface area contributed by atoms with Crippen molar-refractivity contribution in [2.75, 3.05) is 23.1 Å². The zero-order valence-corrected chi connectivity index (χ0v) is 24.3. The first kappa shape index (κ1) is 29.8. The molecule has 2 aromatic heterocycles. The van der Waals surface area contributed by atoms with Crippen LogP contribution < -0.4 is 15.0 Å². The first-order valence-electron chi connectivity index (χ1n) is 13.0. The van der Waals surface area contributed by atoms with Crippen LogP contribution in [0.25, 0.3) is 17.2 Å². The molecule has 0 aliphatic carbocycles.